The topological polar surface area (TPSA) is 77.4 Å². The normalized spacial score (nSPS) is 12.7. The van der Waals surface area contributed by atoms with Crippen LogP contribution in [0.5, 0.6) is 0 Å². The Kier molecular flexibility index (Phi) is 26.2. The van der Waals surface area contributed by atoms with Crippen LogP contribution in [0.25, 0.3) is 0 Å². The Hall–Kier alpha value is 1.51. The maximum atomic E-state index is 10.5. The second-order valence-electron chi connectivity index (χ2n) is 8.15. The fourth-order valence-corrected chi connectivity index (χ4v) is 4.17. The molecule has 0 aromatic carbocycles. The minimum atomic E-state index is -4.01. The summed E-state index contributed by atoms with van der Waals surface area (Å²) in [6.45, 7) is 2.13. The molecular formula is C22H45KO4S. The van der Waals surface area contributed by atoms with Crippen molar-refractivity contribution in [1.29, 1.82) is 0 Å². The van der Waals surface area contributed by atoms with Gasteiger partial charge in [-0.1, -0.05) is 110 Å². The quantitative estimate of drug-likeness (QED) is 0.167. The molecule has 0 aliphatic rings. The van der Waals surface area contributed by atoms with Gasteiger partial charge in [-0.05, 0) is 19.3 Å². The van der Waals surface area contributed by atoms with Crippen molar-refractivity contribution in [2.75, 3.05) is 5.75 Å². The van der Waals surface area contributed by atoms with Crippen LogP contribution in [-0.2, 0) is 10.1 Å². The molecule has 0 heterocycles. The van der Waals surface area contributed by atoms with Crippen molar-refractivity contribution in [3.63, 3.8) is 0 Å². The number of unbranched alkanes of at least 4 members (excludes halogenated alkanes) is 15. The summed E-state index contributed by atoms with van der Waals surface area (Å²) in [5.74, 6) is -0.199. The summed E-state index contributed by atoms with van der Waals surface area (Å²) in [4.78, 5) is 0. The summed E-state index contributed by atoms with van der Waals surface area (Å²) in [5, 5.41) is 9.67. The van der Waals surface area contributed by atoms with Crippen molar-refractivity contribution in [3.05, 3.63) is 0 Å². The van der Waals surface area contributed by atoms with E-state index in [0.717, 1.165) is 38.5 Å². The molecule has 0 radical (unpaired) electrons. The zero-order valence-electron chi connectivity index (χ0n) is 18.8. The van der Waals surface area contributed by atoms with Gasteiger partial charge >= 0.3 is 51.4 Å². The Labute approximate surface area is 218 Å². The second-order valence-corrected chi connectivity index (χ2v) is 9.67. The van der Waals surface area contributed by atoms with Gasteiger partial charge in [0.05, 0.1) is 16.2 Å². The molecule has 0 aliphatic carbocycles. The third kappa shape index (κ3) is 27.5. The van der Waals surface area contributed by atoms with Crippen molar-refractivity contribution >= 4 is 10.1 Å². The van der Waals surface area contributed by atoms with Crippen LogP contribution in [0.3, 0.4) is 0 Å². The van der Waals surface area contributed by atoms with Crippen LogP contribution in [0.15, 0.2) is 0 Å². The molecule has 0 rings (SSSR count). The minimum absolute atomic E-state index is 0. The van der Waals surface area contributed by atoms with Crippen molar-refractivity contribution in [2.24, 2.45) is 0 Å². The van der Waals surface area contributed by atoms with Crippen LogP contribution in [0, 0.1) is 0 Å². The summed E-state index contributed by atoms with van der Waals surface area (Å²) in [5.41, 5.74) is 0. The van der Waals surface area contributed by atoms with E-state index in [1.807, 2.05) is 0 Å². The largest absolute Gasteiger partial charge is 1.00 e. The van der Waals surface area contributed by atoms with Crippen LogP contribution in [0.2, 0.25) is 0 Å². The Morgan fingerprint density at radius 2 is 0.964 bits per heavy atom. The van der Waals surface area contributed by atoms with Crippen LogP contribution in [0.1, 0.15) is 129 Å². The van der Waals surface area contributed by atoms with Gasteiger partial charge in [-0.15, -0.1) is 0 Å². The average molecular weight is 445 g/mol. The summed E-state index contributed by atoms with van der Waals surface area (Å²) in [6, 6.07) is 0. The number of rotatable bonds is 21. The third-order valence-electron chi connectivity index (χ3n) is 5.30. The molecule has 6 heteroatoms. The van der Waals surface area contributed by atoms with E-state index in [4.69, 9.17) is 0 Å². The molecule has 164 valence electrons. The number of aliphatic hydroxyl groups is 1. The van der Waals surface area contributed by atoms with E-state index in [0.29, 0.717) is 6.42 Å². The van der Waals surface area contributed by atoms with Gasteiger partial charge in [0.25, 0.3) is 0 Å². The van der Waals surface area contributed by atoms with Crippen LogP contribution in [0.4, 0.5) is 0 Å². The van der Waals surface area contributed by atoms with Gasteiger partial charge in [0, 0.05) is 5.75 Å². The summed E-state index contributed by atoms with van der Waals surface area (Å²) in [7, 11) is -4.01. The van der Waals surface area contributed by atoms with Gasteiger partial charge in [0.2, 0.25) is 0 Å². The standard InChI is InChI=1S/C22H46O4S.K/c1-2-19-22(23)20-17-15-13-11-9-7-5-3-4-6-8-10-12-14-16-18-21-27(24,25)26;/h22-23H,2-21H2,1H3,(H,24,25,26);/q;+1/p-1. The molecule has 0 saturated carbocycles. The van der Waals surface area contributed by atoms with Crippen molar-refractivity contribution in [1.82, 2.24) is 0 Å². The van der Waals surface area contributed by atoms with E-state index in [1.165, 1.54) is 77.0 Å². The zero-order chi connectivity index (χ0) is 20.2. The Morgan fingerprint density at radius 3 is 1.29 bits per heavy atom. The fraction of sp³-hybridized carbons (Fsp3) is 1.00. The van der Waals surface area contributed by atoms with E-state index in [1.54, 1.807) is 0 Å². The Morgan fingerprint density at radius 1 is 0.643 bits per heavy atom. The number of hydrogen-bond donors (Lipinski definition) is 1. The van der Waals surface area contributed by atoms with Crippen molar-refractivity contribution in [2.45, 2.75) is 135 Å². The zero-order valence-corrected chi connectivity index (χ0v) is 22.7. The maximum Gasteiger partial charge on any atom is 1.00 e. The molecule has 0 amide bonds. The van der Waals surface area contributed by atoms with Gasteiger partial charge in [0.15, 0.2) is 0 Å². The van der Waals surface area contributed by atoms with Gasteiger partial charge in [0.1, 0.15) is 0 Å². The van der Waals surface area contributed by atoms with E-state index >= 15 is 0 Å². The predicted molar refractivity (Wildman–Crippen MR) is 114 cm³/mol. The molecule has 0 saturated heterocycles. The van der Waals surface area contributed by atoms with Crippen LogP contribution >= 0.6 is 0 Å². The van der Waals surface area contributed by atoms with Crippen molar-refractivity contribution < 1.29 is 69.5 Å². The second kappa shape index (κ2) is 23.2. The van der Waals surface area contributed by atoms with E-state index in [9.17, 15) is 18.1 Å². The van der Waals surface area contributed by atoms with Crippen LogP contribution in [-0.4, -0.2) is 29.9 Å². The van der Waals surface area contributed by atoms with Crippen molar-refractivity contribution in [3.8, 4) is 0 Å². The molecule has 0 aromatic rings. The SMILES string of the molecule is CCCC(O)CCCCCCCCCCCCCCCCCCS(=O)(=O)[O-].[K+]. The molecule has 1 unspecified atom stereocenters. The average Bonchev–Trinajstić information content (AvgIpc) is 2.60. The molecule has 0 spiro atoms. The van der Waals surface area contributed by atoms with Gasteiger partial charge in [-0.2, -0.15) is 0 Å². The van der Waals surface area contributed by atoms with E-state index < -0.39 is 10.1 Å². The molecule has 0 bridgehead atoms. The maximum absolute atomic E-state index is 10.5. The van der Waals surface area contributed by atoms with E-state index in [2.05, 4.69) is 6.92 Å². The third-order valence-corrected chi connectivity index (χ3v) is 6.09. The minimum Gasteiger partial charge on any atom is -0.748 e. The summed E-state index contributed by atoms with van der Waals surface area (Å²) >= 11 is 0. The fourth-order valence-electron chi connectivity index (χ4n) is 3.61. The first-order chi connectivity index (χ1) is 13.0. The Balaban J connectivity index is 0. The predicted octanol–water partition coefficient (Wildman–Crippen LogP) is 3.33. The molecule has 0 fully saturated rings. The number of hydrogen-bond acceptors (Lipinski definition) is 4. The molecule has 0 aliphatic heterocycles. The van der Waals surface area contributed by atoms with Crippen LogP contribution < -0.4 is 51.4 Å². The first kappa shape index (κ1) is 31.7. The molecule has 1 N–H and O–H groups in total. The first-order valence-corrected chi connectivity index (χ1v) is 13.1. The monoisotopic (exact) mass is 444 g/mol. The van der Waals surface area contributed by atoms with Gasteiger partial charge in [-0.3, -0.25) is 0 Å². The first-order valence-electron chi connectivity index (χ1n) is 11.6. The van der Waals surface area contributed by atoms with Gasteiger partial charge < -0.3 is 9.66 Å². The van der Waals surface area contributed by atoms with Gasteiger partial charge in [-0.25, -0.2) is 8.42 Å². The molecular weight excluding hydrogens is 399 g/mol. The van der Waals surface area contributed by atoms with E-state index in [-0.39, 0.29) is 63.2 Å². The summed E-state index contributed by atoms with van der Waals surface area (Å²) in [6.07, 6.45) is 22.3. The smallest absolute Gasteiger partial charge is 0.748 e. The molecule has 28 heavy (non-hydrogen) atoms. The number of aliphatic hydroxyl groups excluding tert-OH is 1. The molecule has 0 aromatic heterocycles. The molecule has 1 atom stereocenters. The summed E-state index contributed by atoms with van der Waals surface area (Å²) < 4.78 is 31.4. The Bertz CT molecular complexity index is 401. The molecule has 4 nitrogen and oxygen atoms in total.